The number of allylic oxidation sites excluding steroid dienone is 5. The van der Waals surface area contributed by atoms with Crippen molar-refractivity contribution in [2.24, 2.45) is 0 Å². The molecule has 0 aliphatic heterocycles. The summed E-state index contributed by atoms with van der Waals surface area (Å²) in [6.07, 6.45) is 11.0. The molecular formula is C10H14N2. The standard InChI is InChI=1S/C10H14N2/c1-3-6-10(11-2)12-9-7-4-5-8-9/h3-4,6-8,11-12H,1,5H2,2H3/b10-6+. The summed E-state index contributed by atoms with van der Waals surface area (Å²) in [6.45, 7) is 3.63. The maximum atomic E-state index is 3.63. The first kappa shape index (κ1) is 8.65. The highest BCUT2D eigenvalue weighted by molar-refractivity contribution is 5.28. The zero-order chi connectivity index (χ0) is 8.81. The summed E-state index contributed by atoms with van der Waals surface area (Å²) >= 11 is 0. The van der Waals surface area contributed by atoms with E-state index in [1.807, 2.05) is 13.1 Å². The molecule has 0 spiro atoms. The molecule has 1 rings (SSSR count). The Hall–Kier alpha value is -1.44. The minimum Gasteiger partial charge on any atom is -0.375 e. The van der Waals surface area contributed by atoms with E-state index in [0.717, 1.165) is 17.9 Å². The van der Waals surface area contributed by atoms with Crippen LogP contribution in [-0.2, 0) is 0 Å². The molecule has 0 bridgehead atoms. The molecule has 2 nitrogen and oxygen atoms in total. The van der Waals surface area contributed by atoms with Gasteiger partial charge in [-0.05, 0) is 18.6 Å². The summed E-state index contributed by atoms with van der Waals surface area (Å²) < 4.78 is 0. The molecule has 12 heavy (non-hydrogen) atoms. The van der Waals surface area contributed by atoms with Crippen molar-refractivity contribution in [3.8, 4) is 0 Å². The molecule has 2 heteroatoms. The van der Waals surface area contributed by atoms with Gasteiger partial charge < -0.3 is 10.6 Å². The molecule has 0 aromatic heterocycles. The Kier molecular flexibility index (Phi) is 3.20. The van der Waals surface area contributed by atoms with Gasteiger partial charge in [0, 0.05) is 12.7 Å². The van der Waals surface area contributed by atoms with Gasteiger partial charge in [-0.3, -0.25) is 0 Å². The van der Waals surface area contributed by atoms with E-state index in [1.165, 1.54) is 0 Å². The van der Waals surface area contributed by atoms with E-state index in [4.69, 9.17) is 0 Å². The van der Waals surface area contributed by atoms with Crippen LogP contribution in [0, 0.1) is 0 Å². The van der Waals surface area contributed by atoms with Crippen LogP contribution in [0.25, 0.3) is 0 Å². The molecule has 0 fully saturated rings. The first-order valence-electron chi connectivity index (χ1n) is 4.01. The van der Waals surface area contributed by atoms with E-state index in [1.54, 1.807) is 6.08 Å². The van der Waals surface area contributed by atoms with Crippen LogP contribution in [0.3, 0.4) is 0 Å². The quantitative estimate of drug-likeness (QED) is 0.614. The minimum atomic E-state index is 0.961. The Morgan fingerprint density at radius 3 is 3.00 bits per heavy atom. The Morgan fingerprint density at radius 2 is 2.50 bits per heavy atom. The topological polar surface area (TPSA) is 24.1 Å². The molecule has 1 aliphatic carbocycles. The zero-order valence-corrected chi connectivity index (χ0v) is 7.30. The molecule has 64 valence electrons. The van der Waals surface area contributed by atoms with Crippen molar-refractivity contribution in [3.63, 3.8) is 0 Å². The summed E-state index contributed by atoms with van der Waals surface area (Å²) in [5, 5.41) is 6.25. The molecule has 0 aromatic rings. The van der Waals surface area contributed by atoms with Crippen molar-refractivity contribution in [1.82, 2.24) is 10.6 Å². The Bertz CT molecular complexity index is 247. The van der Waals surface area contributed by atoms with Crippen LogP contribution in [0.5, 0.6) is 0 Å². The number of hydrogen-bond donors (Lipinski definition) is 2. The van der Waals surface area contributed by atoms with Gasteiger partial charge in [-0.15, -0.1) is 0 Å². The Morgan fingerprint density at radius 1 is 1.67 bits per heavy atom. The second-order valence-electron chi connectivity index (χ2n) is 2.49. The van der Waals surface area contributed by atoms with Gasteiger partial charge in [0.25, 0.3) is 0 Å². The van der Waals surface area contributed by atoms with E-state index >= 15 is 0 Å². The first-order valence-corrected chi connectivity index (χ1v) is 4.01. The highest BCUT2D eigenvalue weighted by atomic mass is 15.1. The monoisotopic (exact) mass is 162 g/mol. The molecule has 2 N–H and O–H groups in total. The van der Waals surface area contributed by atoms with Crippen LogP contribution in [0.15, 0.2) is 48.5 Å². The lowest BCUT2D eigenvalue weighted by Crippen LogP contribution is -2.21. The lowest BCUT2D eigenvalue weighted by Gasteiger charge is -2.08. The average Bonchev–Trinajstić information content (AvgIpc) is 2.56. The van der Waals surface area contributed by atoms with Gasteiger partial charge in [-0.2, -0.15) is 0 Å². The molecule has 0 saturated heterocycles. The Labute approximate surface area is 73.4 Å². The molecule has 0 atom stereocenters. The second-order valence-corrected chi connectivity index (χ2v) is 2.49. The van der Waals surface area contributed by atoms with Crippen LogP contribution in [-0.4, -0.2) is 7.05 Å². The number of rotatable bonds is 4. The molecule has 0 aromatic carbocycles. The maximum Gasteiger partial charge on any atom is 0.103 e. The summed E-state index contributed by atoms with van der Waals surface area (Å²) in [6, 6.07) is 0. The van der Waals surface area contributed by atoms with Crippen molar-refractivity contribution in [1.29, 1.82) is 0 Å². The maximum absolute atomic E-state index is 3.63. The van der Waals surface area contributed by atoms with Crippen molar-refractivity contribution in [2.45, 2.75) is 6.42 Å². The third-order valence-electron chi connectivity index (χ3n) is 1.60. The summed E-state index contributed by atoms with van der Waals surface area (Å²) in [7, 11) is 1.88. The third kappa shape index (κ3) is 2.31. The van der Waals surface area contributed by atoms with Crippen molar-refractivity contribution in [3.05, 3.63) is 48.5 Å². The predicted octanol–water partition coefficient (Wildman–Crippen LogP) is 1.67. The van der Waals surface area contributed by atoms with Crippen LogP contribution in [0.4, 0.5) is 0 Å². The van der Waals surface area contributed by atoms with Crippen LogP contribution in [0.2, 0.25) is 0 Å². The lowest BCUT2D eigenvalue weighted by molar-refractivity contribution is 0.849. The van der Waals surface area contributed by atoms with E-state index in [0.29, 0.717) is 0 Å². The molecular weight excluding hydrogens is 148 g/mol. The number of nitrogens with one attached hydrogen (secondary N) is 2. The fraction of sp³-hybridized carbons (Fsp3) is 0.200. The fourth-order valence-corrected chi connectivity index (χ4v) is 1.01. The predicted molar refractivity (Wildman–Crippen MR) is 52.3 cm³/mol. The highest BCUT2D eigenvalue weighted by Gasteiger charge is 1.97. The van der Waals surface area contributed by atoms with Crippen molar-refractivity contribution >= 4 is 0 Å². The van der Waals surface area contributed by atoms with Crippen molar-refractivity contribution in [2.75, 3.05) is 7.05 Å². The van der Waals surface area contributed by atoms with Crippen LogP contribution >= 0.6 is 0 Å². The van der Waals surface area contributed by atoms with E-state index in [9.17, 15) is 0 Å². The fourth-order valence-electron chi connectivity index (χ4n) is 1.01. The van der Waals surface area contributed by atoms with Gasteiger partial charge >= 0.3 is 0 Å². The van der Waals surface area contributed by atoms with E-state index < -0.39 is 0 Å². The summed E-state index contributed by atoms with van der Waals surface area (Å²) in [5.41, 5.74) is 1.14. The van der Waals surface area contributed by atoms with Crippen molar-refractivity contribution < 1.29 is 0 Å². The van der Waals surface area contributed by atoms with Gasteiger partial charge in [0.15, 0.2) is 0 Å². The smallest absolute Gasteiger partial charge is 0.103 e. The molecule has 1 aliphatic rings. The van der Waals surface area contributed by atoms with Gasteiger partial charge in [0.2, 0.25) is 0 Å². The second kappa shape index (κ2) is 4.44. The number of hydrogen-bond acceptors (Lipinski definition) is 2. The summed E-state index contributed by atoms with van der Waals surface area (Å²) in [5.74, 6) is 0.961. The normalized spacial score (nSPS) is 15.8. The highest BCUT2D eigenvalue weighted by Crippen LogP contribution is 2.06. The lowest BCUT2D eigenvalue weighted by atomic mass is 10.4. The molecule has 0 heterocycles. The van der Waals surface area contributed by atoms with Crippen LogP contribution in [0.1, 0.15) is 6.42 Å². The zero-order valence-electron chi connectivity index (χ0n) is 7.30. The van der Waals surface area contributed by atoms with Gasteiger partial charge in [0.1, 0.15) is 5.82 Å². The van der Waals surface area contributed by atoms with Crippen LogP contribution < -0.4 is 10.6 Å². The molecule has 0 saturated carbocycles. The minimum absolute atomic E-state index is 0.961. The van der Waals surface area contributed by atoms with E-state index in [-0.39, 0.29) is 0 Å². The largest absolute Gasteiger partial charge is 0.375 e. The first-order chi connectivity index (χ1) is 5.86. The SMILES string of the molecule is C=C/C=C(\NC)NC1=CCC=C1. The third-order valence-corrected chi connectivity index (χ3v) is 1.60. The molecule has 0 unspecified atom stereocenters. The molecule has 0 radical (unpaired) electrons. The van der Waals surface area contributed by atoms with Gasteiger partial charge in [-0.25, -0.2) is 0 Å². The molecule has 0 amide bonds. The van der Waals surface area contributed by atoms with E-state index in [2.05, 4.69) is 35.4 Å². The average molecular weight is 162 g/mol. The summed E-state index contributed by atoms with van der Waals surface area (Å²) in [4.78, 5) is 0. The van der Waals surface area contributed by atoms with Gasteiger partial charge in [-0.1, -0.05) is 24.8 Å². The van der Waals surface area contributed by atoms with Gasteiger partial charge in [0.05, 0.1) is 0 Å². The Balaban J connectivity index is 2.52.